The Morgan fingerprint density at radius 3 is 2.50 bits per heavy atom. The maximum absolute atomic E-state index is 5.61. The van der Waals surface area contributed by atoms with Gasteiger partial charge in [0, 0.05) is 18.7 Å². The number of anilines is 1. The highest BCUT2D eigenvalue weighted by molar-refractivity contribution is 6.11. The van der Waals surface area contributed by atoms with E-state index >= 15 is 0 Å². The summed E-state index contributed by atoms with van der Waals surface area (Å²) in [6.45, 7) is 5.08. The van der Waals surface area contributed by atoms with Crippen molar-refractivity contribution >= 4 is 27.8 Å². The fraction of sp³-hybridized carbons (Fsp3) is 0.217. The molecule has 0 unspecified atom stereocenters. The molecule has 1 N–H and O–H groups in total. The van der Waals surface area contributed by atoms with E-state index in [1.54, 1.807) is 27.7 Å². The number of aromatic amines is 1. The molecule has 0 atom stereocenters. The molecule has 0 fully saturated rings. The summed E-state index contributed by atoms with van der Waals surface area (Å²) in [4.78, 5) is 14.7. The van der Waals surface area contributed by atoms with E-state index in [-0.39, 0.29) is 0 Å². The number of ether oxygens (including phenoxy) is 3. The van der Waals surface area contributed by atoms with Gasteiger partial charge < -0.3 is 24.1 Å². The van der Waals surface area contributed by atoms with Gasteiger partial charge in [-0.3, -0.25) is 0 Å². The van der Waals surface area contributed by atoms with Gasteiger partial charge in [0.1, 0.15) is 23.1 Å². The second-order valence-corrected chi connectivity index (χ2v) is 6.75. The monoisotopic (exact) mass is 404 g/mol. The Balaban J connectivity index is 1.85. The third-order valence-electron chi connectivity index (χ3n) is 5.06. The van der Waals surface area contributed by atoms with Gasteiger partial charge in [-0.25, -0.2) is 9.97 Å². The maximum atomic E-state index is 5.61. The second-order valence-electron chi connectivity index (χ2n) is 6.75. The molecule has 2 aromatic heterocycles. The van der Waals surface area contributed by atoms with E-state index in [0.717, 1.165) is 39.1 Å². The highest BCUT2D eigenvalue weighted by Crippen LogP contribution is 2.36. The molecule has 7 nitrogen and oxygen atoms in total. The van der Waals surface area contributed by atoms with Gasteiger partial charge in [-0.2, -0.15) is 0 Å². The van der Waals surface area contributed by atoms with E-state index in [1.807, 2.05) is 42.5 Å². The third-order valence-corrected chi connectivity index (χ3v) is 5.06. The Bertz CT molecular complexity index is 1200. The van der Waals surface area contributed by atoms with Gasteiger partial charge in [-0.15, -0.1) is 6.58 Å². The van der Waals surface area contributed by atoms with E-state index < -0.39 is 0 Å². The van der Waals surface area contributed by atoms with Crippen LogP contribution in [0.1, 0.15) is 5.56 Å². The largest absolute Gasteiger partial charge is 0.496 e. The summed E-state index contributed by atoms with van der Waals surface area (Å²) in [7, 11) is 4.94. The molecule has 0 aliphatic rings. The average molecular weight is 404 g/mol. The van der Waals surface area contributed by atoms with Crippen LogP contribution in [0.5, 0.6) is 17.2 Å². The van der Waals surface area contributed by atoms with Crippen LogP contribution >= 0.6 is 0 Å². The second kappa shape index (κ2) is 8.32. The average Bonchev–Trinajstić information content (AvgIpc) is 3.17. The molecule has 0 saturated heterocycles. The number of hydrogen-bond acceptors (Lipinski definition) is 6. The van der Waals surface area contributed by atoms with Crippen LogP contribution in [0.3, 0.4) is 0 Å². The van der Waals surface area contributed by atoms with E-state index in [9.17, 15) is 0 Å². The van der Waals surface area contributed by atoms with Crippen molar-refractivity contribution < 1.29 is 14.2 Å². The van der Waals surface area contributed by atoms with Crippen LogP contribution in [-0.2, 0) is 6.54 Å². The molecule has 0 aliphatic heterocycles. The lowest BCUT2D eigenvalue weighted by atomic mass is 10.1. The first-order chi connectivity index (χ1) is 14.7. The minimum absolute atomic E-state index is 0.561. The zero-order chi connectivity index (χ0) is 21.1. The van der Waals surface area contributed by atoms with Gasteiger partial charge in [0.15, 0.2) is 17.3 Å². The predicted molar refractivity (Wildman–Crippen MR) is 119 cm³/mol. The Morgan fingerprint density at radius 1 is 1.00 bits per heavy atom. The highest BCUT2D eigenvalue weighted by Gasteiger charge is 2.20. The van der Waals surface area contributed by atoms with Crippen molar-refractivity contribution in [2.24, 2.45) is 0 Å². The first-order valence-electron chi connectivity index (χ1n) is 9.56. The Hall–Kier alpha value is -3.74. The van der Waals surface area contributed by atoms with Gasteiger partial charge in [0.05, 0.1) is 32.2 Å². The number of methoxy groups -OCH3 is 3. The quantitative estimate of drug-likeness (QED) is 0.441. The number of fused-ring (bicyclic) bond motifs is 3. The van der Waals surface area contributed by atoms with E-state index in [1.165, 1.54) is 0 Å². The summed E-state index contributed by atoms with van der Waals surface area (Å²) in [5.74, 6) is 2.95. The smallest absolute Gasteiger partial charge is 0.165 e. The molecule has 4 aromatic rings. The highest BCUT2D eigenvalue weighted by atomic mass is 16.5. The SMILES string of the molecule is C=CCN(Cc1cccc(OC)c1OC)c1ncnc2c1[nH]c1cccc(OC)c12. The Morgan fingerprint density at radius 2 is 1.77 bits per heavy atom. The molecule has 0 saturated carbocycles. The first-order valence-corrected chi connectivity index (χ1v) is 9.56. The third kappa shape index (κ3) is 3.28. The number of nitrogens with zero attached hydrogens (tertiary/aromatic N) is 3. The van der Waals surface area contributed by atoms with Crippen LogP contribution in [0.4, 0.5) is 5.82 Å². The molecule has 30 heavy (non-hydrogen) atoms. The first kappa shape index (κ1) is 19.6. The van der Waals surface area contributed by atoms with Gasteiger partial charge in [0.25, 0.3) is 0 Å². The lowest BCUT2D eigenvalue weighted by molar-refractivity contribution is 0.351. The molecule has 7 heteroatoms. The summed E-state index contributed by atoms with van der Waals surface area (Å²) >= 11 is 0. The van der Waals surface area contributed by atoms with Crippen molar-refractivity contribution in [3.05, 3.63) is 60.9 Å². The number of rotatable bonds is 8. The van der Waals surface area contributed by atoms with Crippen molar-refractivity contribution in [2.75, 3.05) is 32.8 Å². The van der Waals surface area contributed by atoms with Crippen molar-refractivity contribution in [1.29, 1.82) is 0 Å². The number of benzene rings is 2. The van der Waals surface area contributed by atoms with Crippen molar-refractivity contribution in [3.63, 3.8) is 0 Å². The Labute approximate surface area is 174 Å². The molecule has 0 bridgehead atoms. The van der Waals surface area contributed by atoms with Crippen molar-refractivity contribution in [2.45, 2.75) is 6.54 Å². The number of H-pyrrole nitrogens is 1. The van der Waals surface area contributed by atoms with Crippen LogP contribution in [-0.4, -0.2) is 42.8 Å². The predicted octanol–water partition coefficient (Wildman–Crippen LogP) is 4.33. The molecule has 0 amide bonds. The van der Waals surface area contributed by atoms with Gasteiger partial charge in [0.2, 0.25) is 0 Å². The minimum Gasteiger partial charge on any atom is -0.496 e. The molecular weight excluding hydrogens is 380 g/mol. The van der Waals surface area contributed by atoms with Crippen molar-refractivity contribution in [3.8, 4) is 17.2 Å². The van der Waals surface area contributed by atoms with E-state index in [0.29, 0.717) is 24.6 Å². The Kier molecular flexibility index (Phi) is 5.43. The summed E-state index contributed by atoms with van der Waals surface area (Å²) in [6, 6.07) is 11.7. The van der Waals surface area contributed by atoms with Crippen LogP contribution in [0.25, 0.3) is 21.9 Å². The molecular formula is C23H24N4O3. The standard InChI is InChI=1S/C23H24N4O3/c1-5-12-27(13-15-8-6-11-18(29-3)22(15)30-4)23-21-20(24-14-25-23)19-16(26-21)9-7-10-17(19)28-2/h5-11,14,26H,1,12-13H2,2-4H3. The van der Waals surface area contributed by atoms with Gasteiger partial charge in [-0.1, -0.05) is 24.3 Å². The molecule has 4 rings (SSSR count). The van der Waals surface area contributed by atoms with E-state index in [4.69, 9.17) is 14.2 Å². The lowest BCUT2D eigenvalue weighted by Crippen LogP contribution is -2.24. The minimum atomic E-state index is 0.561. The van der Waals surface area contributed by atoms with Crippen molar-refractivity contribution in [1.82, 2.24) is 15.0 Å². The van der Waals surface area contributed by atoms with Gasteiger partial charge in [-0.05, 0) is 18.2 Å². The fourth-order valence-corrected chi connectivity index (χ4v) is 3.77. The fourth-order valence-electron chi connectivity index (χ4n) is 3.77. The maximum Gasteiger partial charge on any atom is 0.165 e. The number of para-hydroxylation sites is 1. The topological polar surface area (TPSA) is 72.5 Å². The van der Waals surface area contributed by atoms with E-state index in [2.05, 4.69) is 26.4 Å². The number of nitrogens with one attached hydrogen (secondary N) is 1. The molecule has 2 heterocycles. The zero-order valence-electron chi connectivity index (χ0n) is 17.3. The molecule has 0 radical (unpaired) electrons. The normalized spacial score (nSPS) is 10.9. The summed E-state index contributed by atoms with van der Waals surface area (Å²) in [5.41, 5.74) is 3.60. The lowest BCUT2D eigenvalue weighted by Gasteiger charge is -2.24. The molecule has 154 valence electrons. The summed E-state index contributed by atoms with van der Waals surface area (Å²) in [6.07, 6.45) is 3.43. The van der Waals surface area contributed by atoms with Gasteiger partial charge >= 0.3 is 0 Å². The van der Waals surface area contributed by atoms with Crippen LogP contribution in [0.2, 0.25) is 0 Å². The molecule has 0 aliphatic carbocycles. The zero-order valence-corrected chi connectivity index (χ0v) is 17.3. The van der Waals surface area contributed by atoms with Crippen LogP contribution in [0, 0.1) is 0 Å². The van der Waals surface area contributed by atoms with Crippen LogP contribution in [0.15, 0.2) is 55.4 Å². The molecule has 2 aromatic carbocycles. The van der Waals surface area contributed by atoms with Crippen LogP contribution < -0.4 is 19.1 Å². The number of hydrogen-bond donors (Lipinski definition) is 1. The molecule has 0 spiro atoms. The number of aromatic nitrogens is 3. The summed E-state index contributed by atoms with van der Waals surface area (Å²) in [5, 5.41) is 0.941. The summed E-state index contributed by atoms with van der Waals surface area (Å²) < 4.78 is 16.6.